The Morgan fingerprint density at radius 2 is 2.00 bits per heavy atom. The van der Waals surface area contributed by atoms with Crippen LogP contribution in [0, 0.1) is 0 Å². The van der Waals surface area contributed by atoms with Crippen LogP contribution in [0.4, 0.5) is 0 Å². The van der Waals surface area contributed by atoms with E-state index < -0.39 is 17.9 Å². The van der Waals surface area contributed by atoms with Crippen molar-refractivity contribution in [1.82, 2.24) is 4.90 Å². The second kappa shape index (κ2) is 6.48. The Morgan fingerprint density at radius 1 is 1.29 bits per heavy atom. The monoisotopic (exact) mass is 260 g/mol. The fraction of sp³-hybridized carbons (Fsp3) is 0.700. The normalized spacial score (nSPS) is 20.0. The standard InChI is InChI=1S/C10H16N2O4S/c11-8(13)5-17-6-9(14)12-4-2-1-3-7(12)10(15)16/h7H,1-6H2,(H2,11,13)(H,15,16). The van der Waals surface area contributed by atoms with Gasteiger partial charge in [-0.1, -0.05) is 0 Å². The minimum absolute atomic E-state index is 0.0807. The van der Waals surface area contributed by atoms with Crippen molar-refractivity contribution in [3.63, 3.8) is 0 Å². The van der Waals surface area contributed by atoms with Gasteiger partial charge in [-0.2, -0.15) is 0 Å². The average molecular weight is 260 g/mol. The van der Waals surface area contributed by atoms with Crippen molar-refractivity contribution < 1.29 is 19.5 Å². The smallest absolute Gasteiger partial charge is 0.326 e. The molecule has 1 rings (SSSR count). The lowest BCUT2D eigenvalue weighted by Gasteiger charge is -2.32. The maximum atomic E-state index is 11.8. The number of nitrogens with zero attached hydrogens (tertiary/aromatic N) is 1. The molecule has 0 bridgehead atoms. The summed E-state index contributed by atoms with van der Waals surface area (Å²) < 4.78 is 0. The number of carboxylic acids is 1. The Bertz CT molecular complexity index is 321. The molecule has 1 fully saturated rings. The number of carbonyl (C=O) groups excluding carboxylic acids is 2. The van der Waals surface area contributed by atoms with Crippen molar-refractivity contribution in [2.24, 2.45) is 5.73 Å². The number of piperidine rings is 1. The first-order valence-electron chi connectivity index (χ1n) is 5.40. The van der Waals surface area contributed by atoms with Crippen molar-refractivity contribution in [1.29, 1.82) is 0 Å². The van der Waals surface area contributed by atoms with Gasteiger partial charge in [-0.25, -0.2) is 4.79 Å². The number of hydrogen-bond acceptors (Lipinski definition) is 4. The van der Waals surface area contributed by atoms with Crippen LogP contribution in [-0.2, 0) is 14.4 Å². The lowest BCUT2D eigenvalue weighted by atomic mass is 10.0. The summed E-state index contributed by atoms with van der Waals surface area (Å²) in [5.41, 5.74) is 4.95. The number of carboxylic acid groups (broad SMARTS) is 1. The minimum Gasteiger partial charge on any atom is -0.480 e. The van der Waals surface area contributed by atoms with E-state index in [2.05, 4.69) is 0 Å². The molecule has 6 nitrogen and oxygen atoms in total. The predicted molar refractivity (Wildman–Crippen MR) is 63.5 cm³/mol. The molecule has 7 heteroatoms. The molecule has 1 aliphatic rings. The fourth-order valence-corrected chi connectivity index (χ4v) is 2.45. The molecule has 1 aliphatic heterocycles. The number of nitrogens with two attached hydrogens (primary N) is 1. The number of aliphatic carboxylic acids is 1. The Hall–Kier alpha value is -1.24. The van der Waals surface area contributed by atoms with Crippen LogP contribution in [-0.4, -0.2) is 51.9 Å². The van der Waals surface area contributed by atoms with E-state index in [0.29, 0.717) is 13.0 Å². The zero-order valence-electron chi connectivity index (χ0n) is 9.42. The number of thioether (sulfide) groups is 1. The molecule has 0 aromatic heterocycles. The summed E-state index contributed by atoms with van der Waals surface area (Å²) in [7, 11) is 0. The second-order valence-corrected chi connectivity index (χ2v) is 4.88. The quantitative estimate of drug-likeness (QED) is 0.705. The number of hydrogen-bond donors (Lipinski definition) is 2. The number of primary amides is 1. The maximum absolute atomic E-state index is 11.8. The molecular weight excluding hydrogens is 244 g/mol. The predicted octanol–water partition coefficient (Wildman–Crippen LogP) is -0.329. The molecule has 0 aromatic rings. The molecule has 1 atom stereocenters. The van der Waals surface area contributed by atoms with E-state index in [9.17, 15) is 14.4 Å². The third-order valence-corrected chi connectivity index (χ3v) is 3.52. The number of carbonyl (C=O) groups is 3. The summed E-state index contributed by atoms with van der Waals surface area (Å²) in [6.07, 6.45) is 2.16. The fourth-order valence-electron chi connectivity index (χ4n) is 1.81. The van der Waals surface area contributed by atoms with Crippen LogP contribution in [0.1, 0.15) is 19.3 Å². The van der Waals surface area contributed by atoms with Crippen LogP contribution in [0.5, 0.6) is 0 Å². The first kappa shape index (κ1) is 13.8. The van der Waals surface area contributed by atoms with Crippen molar-refractivity contribution in [2.75, 3.05) is 18.1 Å². The third-order valence-electron chi connectivity index (χ3n) is 2.58. The van der Waals surface area contributed by atoms with Crippen LogP contribution in [0.2, 0.25) is 0 Å². The average Bonchev–Trinajstić information content (AvgIpc) is 2.28. The molecule has 0 saturated carbocycles. The van der Waals surface area contributed by atoms with E-state index in [1.807, 2.05) is 0 Å². The number of rotatable bonds is 5. The van der Waals surface area contributed by atoms with E-state index in [0.717, 1.165) is 24.6 Å². The van der Waals surface area contributed by atoms with E-state index in [1.165, 1.54) is 4.90 Å². The summed E-state index contributed by atoms with van der Waals surface area (Å²) in [4.78, 5) is 34.7. The Labute approximate surface area is 104 Å². The minimum atomic E-state index is -0.960. The molecular formula is C10H16N2O4S. The highest BCUT2D eigenvalue weighted by atomic mass is 32.2. The molecule has 1 saturated heterocycles. The van der Waals surface area contributed by atoms with Gasteiger partial charge in [-0.05, 0) is 19.3 Å². The summed E-state index contributed by atoms with van der Waals surface area (Å²) in [6, 6.07) is -0.717. The molecule has 1 heterocycles. The molecule has 2 amide bonds. The molecule has 0 radical (unpaired) electrons. The van der Waals surface area contributed by atoms with Crippen LogP contribution in [0.25, 0.3) is 0 Å². The highest BCUT2D eigenvalue weighted by Gasteiger charge is 2.31. The van der Waals surface area contributed by atoms with Gasteiger partial charge in [0.15, 0.2) is 0 Å². The van der Waals surface area contributed by atoms with Crippen molar-refractivity contribution in [3.8, 4) is 0 Å². The zero-order chi connectivity index (χ0) is 12.8. The van der Waals surface area contributed by atoms with Crippen LogP contribution >= 0.6 is 11.8 Å². The largest absolute Gasteiger partial charge is 0.480 e. The highest BCUT2D eigenvalue weighted by Crippen LogP contribution is 2.18. The van der Waals surface area contributed by atoms with Gasteiger partial charge in [0.2, 0.25) is 11.8 Å². The molecule has 17 heavy (non-hydrogen) atoms. The van der Waals surface area contributed by atoms with Crippen LogP contribution in [0.15, 0.2) is 0 Å². The van der Waals surface area contributed by atoms with Gasteiger partial charge in [0, 0.05) is 6.54 Å². The summed E-state index contributed by atoms with van der Waals surface area (Å²) in [5.74, 6) is -1.48. The van der Waals surface area contributed by atoms with Gasteiger partial charge in [-0.3, -0.25) is 9.59 Å². The Morgan fingerprint density at radius 3 is 2.59 bits per heavy atom. The summed E-state index contributed by atoms with van der Waals surface area (Å²) in [6.45, 7) is 0.479. The molecule has 0 aliphatic carbocycles. The second-order valence-electron chi connectivity index (χ2n) is 3.90. The van der Waals surface area contributed by atoms with Crippen LogP contribution in [0.3, 0.4) is 0 Å². The molecule has 0 aromatic carbocycles. The zero-order valence-corrected chi connectivity index (χ0v) is 10.2. The molecule has 0 spiro atoms. The van der Waals surface area contributed by atoms with Gasteiger partial charge >= 0.3 is 5.97 Å². The van der Waals surface area contributed by atoms with Crippen molar-refractivity contribution in [2.45, 2.75) is 25.3 Å². The first-order chi connectivity index (χ1) is 8.02. The van der Waals surface area contributed by atoms with E-state index in [4.69, 9.17) is 10.8 Å². The lowest BCUT2D eigenvalue weighted by molar-refractivity contribution is -0.150. The number of likely N-dealkylation sites (tertiary alicyclic amines) is 1. The van der Waals surface area contributed by atoms with E-state index in [-0.39, 0.29) is 17.4 Å². The number of amides is 2. The third kappa shape index (κ3) is 4.26. The molecule has 1 unspecified atom stereocenters. The molecule has 96 valence electrons. The summed E-state index contributed by atoms with van der Waals surface area (Å²) in [5, 5.41) is 9.00. The summed E-state index contributed by atoms with van der Waals surface area (Å²) >= 11 is 1.12. The van der Waals surface area contributed by atoms with E-state index in [1.54, 1.807) is 0 Å². The molecule has 3 N–H and O–H groups in total. The van der Waals surface area contributed by atoms with Gasteiger partial charge in [0.25, 0.3) is 0 Å². The topological polar surface area (TPSA) is 101 Å². The van der Waals surface area contributed by atoms with Crippen LogP contribution < -0.4 is 5.73 Å². The van der Waals surface area contributed by atoms with Crippen molar-refractivity contribution in [3.05, 3.63) is 0 Å². The van der Waals surface area contributed by atoms with Crippen molar-refractivity contribution >= 4 is 29.5 Å². The highest BCUT2D eigenvalue weighted by molar-refractivity contribution is 8.00. The first-order valence-corrected chi connectivity index (χ1v) is 6.56. The lowest BCUT2D eigenvalue weighted by Crippen LogP contribution is -2.48. The van der Waals surface area contributed by atoms with Gasteiger partial charge in [0.1, 0.15) is 6.04 Å². The van der Waals surface area contributed by atoms with Gasteiger partial charge in [-0.15, -0.1) is 11.8 Å². The van der Waals surface area contributed by atoms with Gasteiger partial charge in [0.05, 0.1) is 11.5 Å². The Kier molecular flexibility index (Phi) is 5.27. The van der Waals surface area contributed by atoms with Gasteiger partial charge < -0.3 is 15.7 Å². The Balaban J connectivity index is 2.47. The van der Waals surface area contributed by atoms with E-state index >= 15 is 0 Å². The maximum Gasteiger partial charge on any atom is 0.326 e. The SMILES string of the molecule is NC(=O)CSCC(=O)N1CCCCC1C(=O)O.